The number of benzene rings is 2. The van der Waals surface area contributed by atoms with E-state index in [1.807, 2.05) is 34.9 Å². The molecule has 1 aromatic heterocycles. The zero-order valence-electron chi connectivity index (χ0n) is 12.8. The van der Waals surface area contributed by atoms with E-state index in [2.05, 4.69) is 15.0 Å². The summed E-state index contributed by atoms with van der Waals surface area (Å²) in [6, 6.07) is 14.2. The smallest absolute Gasteiger partial charge is 0.387 e. The van der Waals surface area contributed by atoms with Crippen molar-refractivity contribution in [3.05, 3.63) is 54.1 Å². The summed E-state index contributed by atoms with van der Waals surface area (Å²) in [6.07, 6.45) is 0. The number of rotatable bonds is 7. The van der Waals surface area contributed by atoms with E-state index >= 15 is 0 Å². The number of anilines is 1. The van der Waals surface area contributed by atoms with Gasteiger partial charge in [0.1, 0.15) is 5.75 Å². The predicted molar refractivity (Wildman–Crippen MR) is 87.5 cm³/mol. The van der Waals surface area contributed by atoms with Crippen LogP contribution in [-0.4, -0.2) is 34.4 Å². The molecular formula is C17H17F2N3O2. The van der Waals surface area contributed by atoms with Gasteiger partial charge in [0.15, 0.2) is 0 Å². The molecule has 1 heterocycles. The second-order valence-corrected chi connectivity index (χ2v) is 5.19. The lowest BCUT2D eigenvalue weighted by atomic mass is 10.2. The van der Waals surface area contributed by atoms with Crippen LogP contribution in [0.4, 0.5) is 14.7 Å². The highest BCUT2D eigenvalue weighted by molar-refractivity contribution is 5.78. The lowest BCUT2D eigenvalue weighted by Gasteiger charge is -2.11. The molecule has 24 heavy (non-hydrogen) atoms. The van der Waals surface area contributed by atoms with Gasteiger partial charge in [-0.1, -0.05) is 24.3 Å². The zero-order chi connectivity index (χ0) is 16.9. The Morgan fingerprint density at radius 2 is 2.00 bits per heavy atom. The number of para-hydroxylation sites is 2. The highest BCUT2D eigenvalue weighted by Gasteiger charge is 2.11. The highest BCUT2D eigenvalue weighted by Crippen LogP contribution is 2.23. The van der Waals surface area contributed by atoms with Crippen LogP contribution in [0.5, 0.6) is 5.75 Å². The Kier molecular flexibility index (Phi) is 4.90. The van der Waals surface area contributed by atoms with Gasteiger partial charge in [0, 0.05) is 6.54 Å². The van der Waals surface area contributed by atoms with Crippen molar-refractivity contribution in [3.63, 3.8) is 0 Å². The van der Waals surface area contributed by atoms with Gasteiger partial charge in [-0.25, -0.2) is 4.98 Å². The van der Waals surface area contributed by atoms with Gasteiger partial charge in [-0.15, -0.1) is 0 Å². The normalized spacial score (nSPS) is 11.2. The van der Waals surface area contributed by atoms with E-state index in [1.54, 1.807) is 12.1 Å². The minimum absolute atomic E-state index is 0.0130. The van der Waals surface area contributed by atoms with E-state index in [9.17, 15) is 8.78 Å². The quantitative estimate of drug-likeness (QED) is 0.698. The largest absolute Gasteiger partial charge is 0.435 e. The van der Waals surface area contributed by atoms with Crippen LogP contribution < -0.4 is 10.1 Å². The molecule has 0 unspecified atom stereocenters. The van der Waals surface area contributed by atoms with Crippen LogP contribution in [0.25, 0.3) is 11.0 Å². The van der Waals surface area contributed by atoms with Gasteiger partial charge < -0.3 is 19.7 Å². The molecule has 0 saturated carbocycles. The lowest BCUT2D eigenvalue weighted by molar-refractivity contribution is -0.0498. The first-order chi connectivity index (χ1) is 11.7. The van der Waals surface area contributed by atoms with E-state index in [0.717, 1.165) is 16.6 Å². The van der Waals surface area contributed by atoms with Crippen molar-refractivity contribution < 1.29 is 18.6 Å². The number of imidazole rings is 1. The fourth-order valence-corrected chi connectivity index (χ4v) is 2.54. The SMILES string of the molecule is OCCNc1nc2ccccc2n1Cc1cccc(OC(F)F)c1. The molecule has 0 bridgehead atoms. The first-order valence-corrected chi connectivity index (χ1v) is 7.51. The molecule has 2 N–H and O–H groups in total. The van der Waals surface area contributed by atoms with Crippen LogP contribution in [0, 0.1) is 0 Å². The number of aromatic nitrogens is 2. The number of aliphatic hydroxyl groups excluding tert-OH is 1. The molecule has 0 spiro atoms. The summed E-state index contributed by atoms with van der Waals surface area (Å²) in [4.78, 5) is 4.51. The van der Waals surface area contributed by atoms with Gasteiger partial charge in [-0.2, -0.15) is 8.78 Å². The summed E-state index contributed by atoms with van der Waals surface area (Å²) < 4.78 is 31.1. The molecule has 2 aromatic carbocycles. The fraction of sp³-hybridized carbons (Fsp3) is 0.235. The molecule has 126 valence electrons. The Morgan fingerprint density at radius 1 is 1.17 bits per heavy atom. The number of nitrogens with one attached hydrogen (secondary N) is 1. The Bertz CT molecular complexity index is 820. The van der Waals surface area contributed by atoms with Gasteiger partial charge in [-0.3, -0.25) is 0 Å². The second-order valence-electron chi connectivity index (χ2n) is 5.19. The van der Waals surface area contributed by atoms with Crippen LogP contribution in [-0.2, 0) is 6.54 Å². The minimum atomic E-state index is -2.85. The standard InChI is InChI=1S/C17H17F2N3O2/c18-16(19)24-13-5-3-4-12(10-13)11-22-15-7-2-1-6-14(15)21-17(22)20-8-9-23/h1-7,10,16,23H,8-9,11H2,(H,20,21). The second kappa shape index (κ2) is 7.27. The van der Waals surface area contributed by atoms with Crippen LogP contribution >= 0.6 is 0 Å². The van der Waals surface area contributed by atoms with Crippen molar-refractivity contribution >= 4 is 17.0 Å². The third-order valence-corrected chi connectivity index (χ3v) is 3.51. The van der Waals surface area contributed by atoms with Crippen molar-refractivity contribution in [1.29, 1.82) is 0 Å². The highest BCUT2D eigenvalue weighted by atomic mass is 19.3. The zero-order valence-corrected chi connectivity index (χ0v) is 12.8. The number of hydrogen-bond acceptors (Lipinski definition) is 4. The van der Waals surface area contributed by atoms with E-state index in [-0.39, 0.29) is 12.4 Å². The summed E-state index contributed by atoms with van der Waals surface area (Å²) in [7, 11) is 0. The van der Waals surface area contributed by atoms with Crippen LogP contribution in [0.15, 0.2) is 48.5 Å². The molecule has 5 nitrogen and oxygen atoms in total. The summed E-state index contributed by atoms with van der Waals surface area (Å²) in [5, 5.41) is 12.1. The maximum Gasteiger partial charge on any atom is 0.387 e. The molecule has 7 heteroatoms. The number of alkyl halides is 2. The Hall–Kier alpha value is -2.67. The van der Waals surface area contributed by atoms with Crippen LogP contribution in [0.3, 0.4) is 0 Å². The van der Waals surface area contributed by atoms with Gasteiger partial charge in [0.05, 0.1) is 24.2 Å². The lowest BCUT2D eigenvalue weighted by Crippen LogP contribution is -2.12. The van der Waals surface area contributed by atoms with Crippen molar-refractivity contribution in [2.24, 2.45) is 0 Å². The number of hydrogen-bond donors (Lipinski definition) is 2. The number of nitrogens with zero attached hydrogens (tertiary/aromatic N) is 2. The number of fused-ring (bicyclic) bond motifs is 1. The number of ether oxygens (including phenoxy) is 1. The van der Waals surface area contributed by atoms with Crippen LogP contribution in [0.2, 0.25) is 0 Å². The average molecular weight is 333 g/mol. The summed E-state index contributed by atoms with van der Waals surface area (Å²) in [5.41, 5.74) is 2.54. The molecule has 0 amide bonds. The van der Waals surface area contributed by atoms with Gasteiger partial charge in [-0.05, 0) is 29.8 Å². The molecule has 0 saturated heterocycles. The molecular weight excluding hydrogens is 316 g/mol. The summed E-state index contributed by atoms with van der Waals surface area (Å²) in [5.74, 6) is 0.738. The monoisotopic (exact) mass is 333 g/mol. The summed E-state index contributed by atoms with van der Waals surface area (Å²) >= 11 is 0. The third-order valence-electron chi connectivity index (χ3n) is 3.51. The maximum absolute atomic E-state index is 12.4. The van der Waals surface area contributed by atoms with Crippen molar-refractivity contribution in [3.8, 4) is 5.75 Å². The van der Waals surface area contributed by atoms with Gasteiger partial charge >= 0.3 is 6.61 Å². The molecule has 0 fully saturated rings. The Balaban J connectivity index is 1.93. The molecule has 0 aliphatic heterocycles. The molecule has 0 aliphatic rings. The molecule has 0 aliphatic carbocycles. The maximum atomic E-state index is 12.4. The topological polar surface area (TPSA) is 59.3 Å². The van der Waals surface area contributed by atoms with E-state index in [4.69, 9.17) is 5.11 Å². The van der Waals surface area contributed by atoms with Gasteiger partial charge in [0.25, 0.3) is 0 Å². The van der Waals surface area contributed by atoms with Crippen molar-refractivity contribution in [1.82, 2.24) is 9.55 Å². The average Bonchev–Trinajstić information content (AvgIpc) is 2.90. The molecule has 0 radical (unpaired) electrons. The minimum Gasteiger partial charge on any atom is -0.435 e. The van der Waals surface area contributed by atoms with E-state index in [0.29, 0.717) is 19.0 Å². The Labute approximate surface area is 137 Å². The van der Waals surface area contributed by atoms with Crippen molar-refractivity contribution in [2.75, 3.05) is 18.5 Å². The molecule has 0 atom stereocenters. The predicted octanol–water partition coefficient (Wildman–Crippen LogP) is 3.09. The van der Waals surface area contributed by atoms with E-state index < -0.39 is 6.61 Å². The van der Waals surface area contributed by atoms with Gasteiger partial charge in [0.2, 0.25) is 5.95 Å². The molecule has 3 aromatic rings. The number of halogens is 2. The first-order valence-electron chi connectivity index (χ1n) is 7.51. The fourth-order valence-electron chi connectivity index (χ4n) is 2.54. The van der Waals surface area contributed by atoms with Crippen LogP contribution in [0.1, 0.15) is 5.56 Å². The Morgan fingerprint density at radius 3 is 2.79 bits per heavy atom. The molecule has 3 rings (SSSR count). The van der Waals surface area contributed by atoms with Crippen molar-refractivity contribution in [2.45, 2.75) is 13.2 Å². The number of aliphatic hydroxyl groups is 1. The first kappa shape index (κ1) is 16.2. The van der Waals surface area contributed by atoms with E-state index in [1.165, 1.54) is 6.07 Å². The third kappa shape index (κ3) is 3.62. The summed E-state index contributed by atoms with van der Waals surface area (Å²) in [6.45, 7) is -2.05.